The molecule has 0 unspecified atom stereocenters. The van der Waals surface area contributed by atoms with Crippen LogP contribution in [0, 0.1) is 11.8 Å². The fourth-order valence-corrected chi connectivity index (χ4v) is 2.02. The summed E-state index contributed by atoms with van der Waals surface area (Å²) in [6, 6.07) is 13.9. The molecule has 0 saturated carbocycles. The van der Waals surface area contributed by atoms with E-state index in [1.807, 2.05) is 18.2 Å². The second-order valence-corrected chi connectivity index (χ2v) is 5.13. The molecule has 0 fully saturated rings. The molecule has 4 nitrogen and oxygen atoms in total. The summed E-state index contributed by atoms with van der Waals surface area (Å²) in [6.07, 6.45) is 0. The van der Waals surface area contributed by atoms with Gasteiger partial charge in [0, 0.05) is 23.7 Å². The van der Waals surface area contributed by atoms with Gasteiger partial charge < -0.3 is 10.6 Å². The minimum absolute atomic E-state index is 0.156. The van der Waals surface area contributed by atoms with E-state index >= 15 is 0 Å². The Morgan fingerprint density at radius 2 is 1.78 bits per heavy atom. The van der Waals surface area contributed by atoms with Crippen LogP contribution in [0.15, 0.2) is 48.5 Å². The Labute approximate surface area is 139 Å². The Morgan fingerprint density at radius 1 is 1.09 bits per heavy atom. The third kappa shape index (κ3) is 5.17. The largest absolute Gasteiger partial charge is 0.341 e. The predicted molar refractivity (Wildman–Crippen MR) is 91.4 cm³/mol. The number of carbonyl (C=O) groups excluding carboxylic acids is 2. The Bertz CT molecular complexity index is 774. The summed E-state index contributed by atoms with van der Waals surface area (Å²) in [6.45, 7) is 1.65. The molecule has 0 aliphatic heterocycles. The number of hydrogen-bond donors (Lipinski definition) is 2. The van der Waals surface area contributed by atoms with Gasteiger partial charge in [0.05, 0.1) is 11.6 Å². The molecule has 0 radical (unpaired) electrons. The molecular formula is C18H15ClN2O2. The molecule has 0 heterocycles. The molecule has 0 saturated heterocycles. The maximum absolute atomic E-state index is 12.0. The lowest BCUT2D eigenvalue weighted by molar-refractivity contribution is -0.114. The predicted octanol–water partition coefficient (Wildman–Crippen LogP) is 3.08. The molecule has 2 N–H and O–H groups in total. The van der Waals surface area contributed by atoms with E-state index in [2.05, 4.69) is 22.5 Å². The summed E-state index contributed by atoms with van der Waals surface area (Å²) in [5.41, 5.74) is 1.87. The second kappa shape index (κ2) is 8.02. The van der Waals surface area contributed by atoms with E-state index in [1.165, 1.54) is 6.92 Å². The van der Waals surface area contributed by atoms with Gasteiger partial charge in [0.1, 0.15) is 0 Å². The maximum atomic E-state index is 12.0. The van der Waals surface area contributed by atoms with Crippen molar-refractivity contribution in [3.8, 4) is 11.8 Å². The zero-order chi connectivity index (χ0) is 16.7. The molecule has 2 rings (SSSR count). The molecule has 0 spiro atoms. The van der Waals surface area contributed by atoms with Gasteiger partial charge in [-0.1, -0.05) is 35.6 Å². The molecule has 0 aliphatic rings. The number of rotatable bonds is 3. The maximum Gasteiger partial charge on any atom is 0.252 e. The van der Waals surface area contributed by atoms with Crippen molar-refractivity contribution in [3.05, 3.63) is 64.7 Å². The first-order valence-corrected chi connectivity index (χ1v) is 7.33. The Morgan fingerprint density at radius 3 is 2.43 bits per heavy atom. The quantitative estimate of drug-likeness (QED) is 0.852. The van der Waals surface area contributed by atoms with Gasteiger partial charge in [0.25, 0.3) is 5.91 Å². The standard InChI is InChI=1S/C18H15ClN2O2/c1-13(22)21-16-10-8-15(9-11-16)18(23)20-12-4-6-14-5-2-3-7-17(14)19/h2-3,5,7-11H,12H2,1H3,(H,20,23)(H,21,22). The fraction of sp³-hybridized carbons (Fsp3) is 0.111. The van der Waals surface area contributed by atoms with Gasteiger partial charge in [-0.05, 0) is 36.4 Å². The van der Waals surface area contributed by atoms with E-state index in [-0.39, 0.29) is 18.4 Å². The highest BCUT2D eigenvalue weighted by molar-refractivity contribution is 6.31. The molecule has 0 atom stereocenters. The van der Waals surface area contributed by atoms with E-state index in [0.717, 1.165) is 5.56 Å². The highest BCUT2D eigenvalue weighted by Crippen LogP contribution is 2.13. The first-order valence-electron chi connectivity index (χ1n) is 6.95. The molecule has 23 heavy (non-hydrogen) atoms. The first kappa shape index (κ1) is 16.6. The van der Waals surface area contributed by atoms with Crippen molar-refractivity contribution in [1.29, 1.82) is 0 Å². The lowest BCUT2D eigenvalue weighted by Crippen LogP contribution is -2.23. The summed E-state index contributed by atoms with van der Waals surface area (Å²) < 4.78 is 0. The van der Waals surface area contributed by atoms with Crippen molar-refractivity contribution in [2.45, 2.75) is 6.92 Å². The number of anilines is 1. The number of nitrogens with one attached hydrogen (secondary N) is 2. The van der Waals surface area contributed by atoms with Gasteiger partial charge >= 0.3 is 0 Å². The molecule has 116 valence electrons. The topological polar surface area (TPSA) is 58.2 Å². The van der Waals surface area contributed by atoms with Crippen LogP contribution in [0.1, 0.15) is 22.8 Å². The molecule has 2 aromatic carbocycles. The zero-order valence-electron chi connectivity index (χ0n) is 12.5. The summed E-state index contributed by atoms with van der Waals surface area (Å²) in [4.78, 5) is 22.9. The van der Waals surface area contributed by atoms with Gasteiger partial charge in [-0.15, -0.1) is 0 Å². The van der Waals surface area contributed by atoms with Crippen LogP contribution in [0.25, 0.3) is 0 Å². The third-order valence-corrected chi connectivity index (χ3v) is 3.23. The van der Waals surface area contributed by atoms with E-state index in [0.29, 0.717) is 16.3 Å². The molecule has 2 amide bonds. The highest BCUT2D eigenvalue weighted by atomic mass is 35.5. The number of amides is 2. The van der Waals surface area contributed by atoms with Crippen LogP contribution in [-0.4, -0.2) is 18.4 Å². The number of hydrogen-bond acceptors (Lipinski definition) is 2. The molecule has 0 bridgehead atoms. The zero-order valence-corrected chi connectivity index (χ0v) is 13.3. The normalized spacial score (nSPS) is 9.48. The van der Waals surface area contributed by atoms with Crippen molar-refractivity contribution >= 4 is 29.1 Å². The molecule has 5 heteroatoms. The van der Waals surface area contributed by atoms with Crippen molar-refractivity contribution < 1.29 is 9.59 Å². The SMILES string of the molecule is CC(=O)Nc1ccc(C(=O)NCC#Cc2ccccc2Cl)cc1. The number of carbonyl (C=O) groups is 2. The van der Waals surface area contributed by atoms with Crippen LogP contribution in [-0.2, 0) is 4.79 Å². The van der Waals surface area contributed by atoms with E-state index < -0.39 is 0 Å². The van der Waals surface area contributed by atoms with E-state index in [1.54, 1.807) is 30.3 Å². The summed E-state index contributed by atoms with van der Waals surface area (Å²) >= 11 is 5.99. The van der Waals surface area contributed by atoms with Crippen molar-refractivity contribution in [3.63, 3.8) is 0 Å². The summed E-state index contributed by atoms with van der Waals surface area (Å²) in [7, 11) is 0. The van der Waals surface area contributed by atoms with E-state index in [9.17, 15) is 9.59 Å². The van der Waals surface area contributed by atoms with Gasteiger partial charge in [-0.3, -0.25) is 9.59 Å². The Balaban J connectivity index is 1.90. The van der Waals surface area contributed by atoms with Crippen LogP contribution in [0.4, 0.5) is 5.69 Å². The smallest absolute Gasteiger partial charge is 0.252 e. The van der Waals surface area contributed by atoms with Gasteiger partial charge in [0.15, 0.2) is 0 Å². The lowest BCUT2D eigenvalue weighted by atomic mass is 10.2. The van der Waals surface area contributed by atoms with Crippen LogP contribution >= 0.6 is 11.6 Å². The Hall–Kier alpha value is -2.77. The lowest BCUT2D eigenvalue weighted by Gasteiger charge is -2.04. The third-order valence-electron chi connectivity index (χ3n) is 2.90. The average molecular weight is 327 g/mol. The second-order valence-electron chi connectivity index (χ2n) is 4.72. The monoisotopic (exact) mass is 326 g/mol. The van der Waals surface area contributed by atoms with Gasteiger partial charge in [0.2, 0.25) is 5.91 Å². The summed E-state index contributed by atoms with van der Waals surface area (Å²) in [5, 5.41) is 5.93. The van der Waals surface area contributed by atoms with Crippen molar-refractivity contribution in [2.24, 2.45) is 0 Å². The minimum Gasteiger partial charge on any atom is -0.341 e. The Kier molecular flexibility index (Phi) is 5.79. The average Bonchev–Trinajstić information content (AvgIpc) is 2.53. The van der Waals surface area contributed by atoms with Crippen LogP contribution in [0.3, 0.4) is 0 Å². The summed E-state index contributed by atoms with van der Waals surface area (Å²) in [5.74, 6) is 5.38. The molecular weight excluding hydrogens is 312 g/mol. The minimum atomic E-state index is -0.229. The number of benzene rings is 2. The van der Waals surface area contributed by atoms with Crippen molar-refractivity contribution in [1.82, 2.24) is 5.32 Å². The first-order chi connectivity index (χ1) is 11.1. The van der Waals surface area contributed by atoms with Gasteiger partial charge in [-0.25, -0.2) is 0 Å². The van der Waals surface area contributed by atoms with E-state index in [4.69, 9.17) is 11.6 Å². The van der Waals surface area contributed by atoms with Crippen molar-refractivity contribution in [2.75, 3.05) is 11.9 Å². The fourth-order valence-electron chi connectivity index (χ4n) is 1.84. The van der Waals surface area contributed by atoms with Crippen LogP contribution < -0.4 is 10.6 Å². The molecule has 0 aliphatic carbocycles. The molecule has 0 aromatic heterocycles. The van der Waals surface area contributed by atoms with Gasteiger partial charge in [-0.2, -0.15) is 0 Å². The van der Waals surface area contributed by atoms with Crippen LogP contribution in [0.2, 0.25) is 5.02 Å². The highest BCUT2D eigenvalue weighted by Gasteiger charge is 2.04. The molecule has 2 aromatic rings. The number of halogens is 1. The van der Waals surface area contributed by atoms with Crippen LogP contribution in [0.5, 0.6) is 0 Å².